The summed E-state index contributed by atoms with van der Waals surface area (Å²) in [5, 5.41) is 0. The maximum atomic E-state index is 5.94. The highest BCUT2D eigenvalue weighted by Crippen LogP contribution is 2.30. The van der Waals surface area contributed by atoms with E-state index in [1.807, 2.05) is 0 Å². The lowest BCUT2D eigenvalue weighted by molar-refractivity contribution is -0.265. The number of carbonyl (C=O) groups excluding carboxylic acids is 1. The molecule has 1 aliphatic rings. The minimum Gasteiger partial charge on any atom is -0.258 e. The lowest BCUT2D eigenvalue weighted by atomic mass is 9.87. The van der Waals surface area contributed by atoms with Crippen LogP contribution in [0.5, 0.6) is 0 Å². The number of ketones is 1. The molecule has 0 aliphatic carbocycles. The first-order chi connectivity index (χ1) is 9.27. The second-order valence-electron chi connectivity index (χ2n) is 5.35. The lowest BCUT2D eigenvalue weighted by Gasteiger charge is -2.08. The van der Waals surface area contributed by atoms with E-state index < -0.39 is 0 Å². The summed E-state index contributed by atoms with van der Waals surface area (Å²) in [6.45, 7) is 5.34. The highest BCUT2D eigenvalue weighted by atomic mass is 16.4. The molecular weight excluding hydrogens is 232 g/mol. The van der Waals surface area contributed by atoms with Crippen LogP contribution in [0.15, 0.2) is 54.6 Å². The zero-order chi connectivity index (χ0) is 13.2. The summed E-state index contributed by atoms with van der Waals surface area (Å²) >= 11 is 0. The summed E-state index contributed by atoms with van der Waals surface area (Å²) in [7, 11) is 0. The molecule has 2 aromatic carbocycles. The maximum Gasteiger partial charge on any atom is 0.330 e. The molecule has 3 rings (SSSR count). The molecule has 96 valence electrons. The van der Waals surface area contributed by atoms with Gasteiger partial charge < -0.3 is 0 Å². The first-order valence-corrected chi connectivity index (χ1v) is 6.92. The predicted molar refractivity (Wildman–Crippen MR) is 79.4 cm³/mol. The SMILES string of the molecule is CC1C[O+]=C(c2ccccc2-c2ccccc2)C1C. The fourth-order valence-electron chi connectivity index (χ4n) is 2.65. The van der Waals surface area contributed by atoms with Gasteiger partial charge in [0.15, 0.2) is 0 Å². The third kappa shape index (κ3) is 2.21. The van der Waals surface area contributed by atoms with Crippen molar-refractivity contribution in [2.24, 2.45) is 11.8 Å². The van der Waals surface area contributed by atoms with Crippen molar-refractivity contribution in [3.05, 3.63) is 60.2 Å². The van der Waals surface area contributed by atoms with Crippen LogP contribution in [0.4, 0.5) is 0 Å². The molecule has 0 bridgehead atoms. The molecule has 1 aliphatic heterocycles. The van der Waals surface area contributed by atoms with E-state index in [1.165, 1.54) is 16.7 Å². The van der Waals surface area contributed by atoms with Gasteiger partial charge in [-0.15, -0.1) is 0 Å². The van der Waals surface area contributed by atoms with Crippen molar-refractivity contribution in [2.75, 3.05) is 6.61 Å². The topological polar surface area (TPSA) is 11.3 Å². The Morgan fingerprint density at radius 3 is 2.11 bits per heavy atom. The Balaban J connectivity index is 2.09. The van der Waals surface area contributed by atoms with Gasteiger partial charge >= 0.3 is 5.78 Å². The van der Waals surface area contributed by atoms with Crippen LogP contribution in [0.3, 0.4) is 0 Å². The van der Waals surface area contributed by atoms with Crippen molar-refractivity contribution in [3.63, 3.8) is 0 Å². The Morgan fingerprint density at radius 1 is 0.842 bits per heavy atom. The normalized spacial score (nSPS) is 22.3. The van der Waals surface area contributed by atoms with E-state index in [0.29, 0.717) is 11.8 Å². The third-order valence-corrected chi connectivity index (χ3v) is 4.05. The predicted octanol–water partition coefficient (Wildman–Crippen LogP) is 4.36. The van der Waals surface area contributed by atoms with E-state index in [-0.39, 0.29) is 0 Å². The van der Waals surface area contributed by atoms with Crippen LogP contribution in [0.25, 0.3) is 11.1 Å². The highest BCUT2D eigenvalue weighted by molar-refractivity contribution is 6.04. The molecule has 0 spiro atoms. The minimum absolute atomic E-state index is 0.491. The zero-order valence-electron chi connectivity index (χ0n) is 11.5. The van der Waals surface area contributed by atoms with E-state index in [4.69, 9.17) is 4.42 Å². The molecule has 0 radical (unpaired) electrons. The van der Waals surface area contributed by atoms with Gasteiger partial charge in [-0.3, -0.25) is 4.42 Å². The average molecular weight is 251 g/mol. The lowest BCUT2D eigenvalue weighted by Crippen LogP contribution is -2.14. The van der Waals surface area contributed by atoms with Crippen molar-refractivity contribution >= 4 is 5.78 Å². The van der Waals surface area contributed by atoms with Crippen molar-refractivity contribution < 1.29 is 4.42 Å². The molecule has 1 nitrogen and oxygen atoms in total. The van der Waals surface area contributed by atoms with Gasteiger partial charge in [-0.25, -0.2) is 0 Å². The van der Waals surface area contributed by atoms with Crippen LogP contribution in [-0.4, -0.2) is 12.4 Å². The summed E-state index contributed by atoms with van der Waals surface area (Å²) in [5.41, 5.74) is 3.76. The van der Waals surface area contributed by atoms with Crippen LogP contribution in [0, 0.1) is 11.8 Å². The number of hydrogen-bond acceptors (Lipinski definition) is 0. The van der Waals surface area contributed by atoms with Gasteiger partial charge in [-0.1, -0.05) is 55.5 Å². The molecule has 1 heterocycles. The first kappa shape index (κ1) is 12.2. The molecule has 2 atom stereocenters. The monoisotopic (exact) mass is 251 g/mol. The first-order valence-electron chi connectivity index (χ1n) is 6.92. The van der Waals surface area contributed by atoms with Crippen LogP contribution < -0.4 is 0 Å². The molecule has 0 N–H and O–H groups in total. The van der Waals surface area contributed by atoms with Crippen LogP contribution in [0.1, 0.15) is 23.8 Å². The molecule has 0 amide bonds. The second-order valence-corrected chi connectivity index (χ2v) is 5.35. The van der Waals surface area contributed by atoms with E-state index in [1.54, 1.807) is 0 Å². The van der Waals surface area contributed by atoms with Gasteiger partial charge in [0.1, 0.15) is 0 Å². The number of hydrogen-bond donors (Lipinski definition) is 0. The van der Waals surface area contributed by atoms with E-state index in [9.17, 15) is 0 Å². The van der Waals surface area contributed by atoms with Crippen LogP contribution in [0.2, 0.25) is 0 Å². The summed E-state index contributed by atoms with van der Waals surface area (Å²) in [5.74, 6) is 2.23. The summed E-state index contributed by atoms with van der Waals surface area (Å²) < 4.78 is 5.94. The fourth-order valence-corrected chi connectivity index (χ4v) is 2.65. The van der Waals surface area contributed by atoms with Gasteiger partial charge in [0.2, 0.25) is 0 Å². The van der Waals surface area contributed by atoms with Gasteiger partial charge in [-0.2, -0.15) is 0 Å². The standard InChI is InChI=1S/C18H19O/c1-13-12-19-18(14(13)2)17-11-7-6-10-16(17)15-8-4-3-5-9-15/h3-11,13-14H,12H2,1-2H3/q+1. The summed E-state index contributed by atoms with van der Waals surface area (Å²) in [6.07, 6.45) is 0. The molecular formula is C18H19O+. The Bertz CT molecular complexity index is 598. The molecule has 19 heavy (non-hydrogen) atoms. The van der Waals surface area contributed by atoms with Crippen molar-refractivity contribution in [3.8, 4) is 11.1 Å². The van der Waals surface area contributed by atoms with Gasteiger partial charge in [-0.05, 0) is 24.1 Å². The smallest absolute Gasteiger partial charge is 0.258 e. The fraction of sp³-hybridized carbons (Fsp3) is 0.278. The third-order valence-electron chi connectivity index (χ3n) is 4.05. The van der Waals surface area contributed by atoms with Crippen molar-refractivity contribution in [2.45, 2.75) is 13.8 Å². The van der Waals surface area contributed by atoms with Crippen LogP contribution in [-0.2, 0) is 0 Å². The van der Waals surface area contributed by atoms with E-state index >= 15 is 0 Å². The summed E-state index contributed by atoms with van der Waals surface area (Å²) in [4.78, 5) is 0. The highest BCUT2D eigenvalue weighted by Gasteiger charge is 2.38. The van der Waals surface area contributed by atoms with Crippen molar-refractivity contribution in [1.82, 2.24) is 0 Å². The van der Waals surface area contributed by atoms with Gasteiger partial charge in [0, 0.05) is 0 Å². The van der Waals surface area contributed by atoms with E-state index in [2.05, 4.69) is 68.4 Å². The quantitative estimate of drug-likeness (QED) is 0.703. The maximum absolute atomic E-state index is 5.94. The minimum atomic E-state index is 0.491. The Hall–Kier alpha value is -1.89. The van der Waals surface area contributed by atoms with Gasteiger partial charge in [0.05, 0.1) is 17.4 Å². The molecule has 0 saturated carbocycles. The zero-order valence-corrected chi connectivity index (χ0v) is 11.5. The molecule has 1 heteroatoms. The molecule has 2 aromatic rings. The number of rotatable bonds is 2. The Kier molecular flexibility index (Phi) is 3.20. The molecule has 0 saturated heterocycles. The molecule has 0 fully saturated rings. The second kappa shape index (κ2) is 5.00. The Morgan fingerprint density at radius 2 is 1.47 bits per heavy atom. The largest absolute Gasteiger partial charge is 0.330 e. The Labute approximate surface area is 114 Å². The molecule has 2 unspecified atom stereocenters. The van der Waals surface area contributed by atoms with Gasteiger partial charge in [0.25, 0.3) is 6.61 Å². The number of benzene rings is 2. The van der Waals surface area contributed by atoms with E-state index in [0.717, 1.165) is 12.4 Å². The average Bonchev–Trinajstić information content (AvgIpc) is 2.80. The summed E-state index contributed by atoms with van der Waals surface area (Å²) in [6, 6.07) is 19.1. The molecule has 0 aromatic heterocycles. The van der Waals surface area contributed by atoms with Crippen LogP contribution >= 0.6 is 0 Å². The van der Waals surface area contributed by atoms with Crippen molar-refractivity contribution in [1.29, 1.82) is 0 Å².